The second-order valence-electron chi connectivity index (χ2n) is 3.80. The minimum Gasteiger partial charge on any atom is -0.483 e. The number of thiophene rings is 1. The third kappa shape index (κ3) is 3.79. The first-order valence-corrected chi connectivity index (χ1v) is 6.42. The molecule has 5 nitrogen and oxygen atoms in total. The summed E-state index contributed by atoms with van der Waals surface area (Å²) >= 11 is 1.02. The Labute approximate surface area is 117 Å². The number of hydrogen-bond acceptors (Lipinski definition) is 4. The molecule has 0 aliphatic carbocycles. The molecule has 0 spiro atoms. The number of amides is 1. The van der Waals surface area contributed by atoms with E-state index in [1.807, 2.05) is 0 Å². The lowest BCUT2D eigenvalue weighted by atomic mass is 10.3. The molecular formula is C13H10FNO4S. The molecular weight excluding hydrogens is 285 g/mol. The zero-order valence-electron chi connectivity index (χ0n) is 10.1. The van der Waals surface area contributed by atoms with Crippen LogP contribution in [0.3, 0.4) is 0 Å². The van der Waals surface area contributed by atoms with E-state index in [0.29, 0.717) is 11.4 Å². The second-order valence-corrected chi connectivity index (χ2v) is 4.71. The summed E-state index contributed by atoms with van der Waals surface area (Å²) in [7, 11) is 0. The molecule has 0 unspecified atom stereocenters. The molecule has 2 rings (SSSR count). The molecule has 0 aliphatic heterocycles. The van der Waals surface area contributed by atoms with Crippen LogP contribution in [0.4, 0.5) is 10.1 Å². The molecule has 2 aromatic rings. The molecule has 0 saturated carbocycles. The van der Waals surface area contributed by atoms with Crippen molar-refractivity contribution in [2.24, 2.45) is 0 Å². The summed E-state index contributed by atoms with van der Waals surface area (Å²) < 4.78 is 17.8. The van der Waals surface area contributed by atoms with Crippen molar-refractivity contribution in [3.05, 3.63) is 46.4 Å². The largest absolute Gasteiger partial charge is 0.483 e. The molecule has 0 atom stereocenters. The molecule has 2 N–H and O–H groups in total. The van der Waals surface area contributed by atoms with E-state index in [1.165, 1.54) is 35.7 Å². The van der Waals surface area contributed by atoms with Gasteiger partial charge in [-0.15, -0.1) is 11.3 Å². The van der Waals surface area contributed by atoms with Gasteiger partial charge in [0.2, 0.25) is 0 Å². The van der Waals surface area contributed by atoms with Crippen LogP contribution < -0.4 is 10.1 Å². The number of hydrogen-bond donors (Lipinski definition) is 2. The first kappa shape index (κ1) is 14.0. The first-order chi connectivity index (χ1) is 9.54. The maximum absolute atomic E-state index is 12.7. The summed E-state index contributed by atoms with van der Waals surface area (Å²) in [6, 6.07) is 6.67. The average molecular weight is 295 g/mol. The van der Waals surface area contributed by atoms with Gasteiger partial charge in [0.15, 0.2) is 6.61 Å². The van der Waals surface area contributed by atoms with Crippen molar-refractivity contribution in [2.45, 2.75) is 0 Å². The number of carboxylic acid groups (broad SMARTS) is 1. The fourth-order valence-electron chi connectivity index (χ4n) is 1.39. The van der Waals surface area contributed by atoms with Gasteiger partial charge in [0.25, 0.3) is 5.91 Å². The number of rotatable bonds is 5. The van der Waals surface area contributed by atoms with E-state index in [2.05, 4.69) is 5.32 Å². The van der Waals surface area contributed by atoms with Crippen LogP contribution in [-0.4, -0.2) is 23.6 Å². The van der Waals surface area contributed by atoms with Crippen molar-refractivity contribution >= 4 is 28.9 Å². The summed E-state index contributed by atoms with van der Waals surface area (Å²) in [6.07, 6.45) is 0. The summed E-state index contributed by atoms with van der Waals surface area (Å²) in [5.74, 6) is -1.53. The molecule has 7 heteroatoms. The zero-order chi connectivity index (χ0) is 14.5. The number of nitrogens with one attached hydrogen (secondary N) is 1. The Morgan fingerprint density at radius 2 is 2.00 bits per heavy atom. The van der Waals surface area contributed by atoms with E-state index in [9.17, 15) is 14.0 Å². The smallest absolute Gasteiger partial charge is 0.346 e. The van der Waals surface area contributed by atoms with Crippen LogP contribution in [0.2, 0.25) is 0 Å². The van der Waals surface area contributed by atoms with Crippen molar-refractivity contribution in [1.82, 2.24) is 0 Å². The van der Waals surface area contributed by atoms with Crippen LogP contribution in [0.25, 0.3) is 0 Å². The monoisotopic (exact) mass is 295 g/mol. The summed E-state index contributed by atoms with van der Waals surface area (Å²) in [5, 5.41) is 12.8. The van der Waals surface area contributed by atoms with Crippen molar-refractivity contribution < 1.29 is 23.8 Å². The lowest BCUT2D eigenvalue weighted by Gasteiger charge is -2.05. The number of aromatic carboxylic acids is 1. The lowest BCUT2D eigenvalue weighted by Crippen LogP contribution is -2.19. The van der Waals surface area contributed by atoms with Gasteiger partial charge in [-0.1, -0.05) is 0 Å². The van der Waals surface area contributed by atoms with Gasteiger partial charge in [-0.3, -0.25) is 4.79 Å². The Balaban J connectivity index is 1.85. The van der Waals surface area contributed by atoms with E-state index < -0.39 is 17.7 Å². The van der Waals surface area contributed by atoms with Crippen LogP contribution in [-0.2, 0) is 4.79 Å². The second kappa shape index (κ2) is 6.16. The molecule has 0 radical (unpaired) electrons. The minimum atomic E-state index is -1.04. The van der Waals surface area contributed by atoms with Crippen LogP contribution in [0.15, 0.2) is 35.7 Å². The van der Waals surface area contributed by atoms with Crippen LogP contribution in [0.1, 0.15) is 9.67 Å². The maximum Gasteiger partial charge on any atom is 0.346 e. The van der Waals surface area contributed by atoms with Gasteiger partial charge in [-0.25, -0.2) is 9.18 Å². The number of carbonyl (C=O) groups is 2. The van der Waals surface area contributed by atoms with Gasteiger partial charge in [0.1, 0.15) is 16.4 Å². The third-order valence-corrected chi connectivity index (χ3v) is 3.18. The summed E-state index contributed by atoms with van der Waals surface area (Å²) in [5.41, 5.74) is 0.455. The van der Waals surface area contributed by atoms with E-state index in [0.717, 1.165) is 11.3 Å². The van der Waals surface area contributed by atoms with Crippen LogP contribution in [0.5, 0.6) is 5.75 Å². The summed E-state index contributed by atoms with van der Waals surface area (Å²) in [4.78, 5) is 22.4. The fourth-order valence-corrected chi connectivity index (χ4v) is 2.05. The zero-order valence-corrected chi connectivity index (χ0v) is 10.9. The quantitative estimate of drug-likeness (QED) is 0.889. The normalized spacial score (nSPS) is 10.1. The lowest BCUT2D eigenvalue weighted by molar-refractivity contribution is -0.118. The van der Waals surface area contributed by atoms with Crippen molar-refractivity contribution in [2.75, 3.05) is 11.9 Å². The highest BCUT2D eigenvalue weighted by Gasteiger charge is 2.09. The van der Waals surface area contributed by atoms with Crippen LogP contribution >= 0.6 is 11.3 Å². The molecule has 0 fully saturated rings. The molecule has 20 heavy (non-hydrogen) atoms. The molecule has 0 saturated heterocycles. The Morgan fingerprint density at radius 1 is 1.30 bits per heavy atom. The number of carboxylic acids is 1. The highest BCUT2D eigenvalue weighted by Crippen LogP contribution is 2.21. The number of carbonyl (C=O) groups excluding carboxylic acids is 1. The van der Waals surface area contributed by atoms with Gasteiger partial charge in [0, 0.05) is 17.1 Å². The van der Waals surface area contributed by atoms with Gasteiger partial charge in [-0.2, -0.15) is 0 Å². The van der Waals surface area contributed by atoms with Crippen molar-refractivity contribution in [3.63, 3.8) is 0 Å². The molecule has 1 heterocycles. The van der Waals surface area contributed by atoms with Crippen molar-refractivity contribution in [1.29, 1.82) is 0 Å². The molecule has 0 bridgehead atoms. The maximum atomic E-state index is 12.7. The molecule has 104 valence electrons. The highest BCUT2D eigenvalue weighted by molar-refractivity contribution is 7.12. The number of halogens is 1. The van der Waals surface area contributed by atoms with E-state index in [4.69, 9.17) is 9.84 Å². The molecule has 1 amide bonds. The van der Waals surface area contributed by atoms with Gasteiger partial charge < -0.3 is 15.2 Å². The number of benzene rings is 1. The minimum absolute atomic E-state index is 0.138. The average Bonchev–Trinajstić information content (AvgIpc) is 2.88. The van der Waals surface area contributed by atoms with E-state index in [-0.39, 0.29) is 11.5 Å². The SMILES string of the molecule is O=C(COc1csc(C(=O)O)c1)Nc1ccc(F)cc1. The number of anilines is 1. The standard InChI is InChI=1S/C13H10FNO4S/c14-8-1-3-9(4-2-8)15-12(16)6-19-10-5-11(13(17)18)20-7-10/h1-5,7H,6H2,(H,15,16)(H,17,18). The molecule has 1 aromatic heterocycles. The first-order valence-electron chi connectivity index (χ1n) is 5.54. The highest BCUT2D eigenvalue weighted by atomic mass is 32.1. The topological polar surface area (TPSA) is 75.6 Å². The summed E-state index contributed by atoms with van der Waals surface area (Å²) in [6.45, 7) is -0.257. The Kier molecular flexibility index (Phi) is 4.31. The van der Waals surface area contributed by atoms with E-state index in [1.54, 1.807) is 0 Å². The molecule has 0 aliphatic rings. The Hall–Kier alpha value is -2.41. The van der Waals surface area contributed by atoms with E-state index >= 15 is 0 Å². The number of ether oxygens (including phenoxy) is 1. The predicted octanol–water partition coefficient (Wildman–Crippen LogP) is 2.60. The Morgan fingerprint density at radius 3 is 2.60 bits per heavy atom. The van der Waals surface area contributed by atoms with Gasteiger partial charge in [-0.05, 0) is 24.3 Å². The van der Waals surface area contributed by atoms with Gasteiger partial charge >= 0.3 is 5.97 Å². The predicted molar refractivity (Wildman–Crippen MR) is 71.8 cm³/mol. The van der Waals surface area contributed by atoms with Crippen LogP contribution in [0, 0.1) is 5.82 Å². The third-order valence-electron chi connectivity index (χ3n) is 2.28. The fraction of sp³-hybridized carbons (Fsp3) is 0.0769. The Bertz CT molecular complexity index is 624. The molecule has 1 aromatic carbocycles. The van der Waals surface area contributed by atoms with Crippen molar-refractivity contribution in [3.8, 4) is 5.75 Å². The van der Waals surface area contributed by atoms with Gasteiger partial charge in [0.05, 0.1) is 0 Å².